The van der Waals surface area contributed by atoms with Crippen LogP contribution in [0.2, 0.25) is 0 Å². The second-order valence-electron chi connectivity index (χ2n) is 4.63. The molecule has 21 heavy (non-hydrogen) atoms. The summed E-state index contributed by atoms with van der Waals surface area (Å²) in [7, 11) is 0. The molecule has 1 aromatic heterocycles. The summed E-state index contributed by atoms with van der Waals surface area (Å²) in [6.07, 6.45) is -4.47. The third-order valence-corrected chi connectivity index (χ3v) is 2.82. The van der Waals surface area contributed by atoms with Crippen LogP contribution in [0.5, 0.6) is 0 Å². The van der Waals surface area contributed by atoms with Crippen molar-refractivity contribution in [2.24, 2.45) is 0 Å². The molecule has 0 bridgehead atoms. The Balaban J connectivity index is 2.39. The van der Waals surface area contributed by atoms with Crippen molar-refractivity contribution in [3.63, 3.8) is 0 Å². The van der Waals surface area contributed by atoms with Crippen molar-refractivity contribution in [3.8, 4) is 0 Å². The molecule has 0 aliphatic rings. The summed E-state index contributed by atoms with van der Waals surface area (Å²) < 4.78 is 38.1. The average molecular weight is 299 g/mol. The van der Waals surface area contributed by atoms with Crippen LogP contribution >= 0.6 is 0 Å². The minimum Gasteiger partial charge on any atom is -0.476 e. The molecule has 0 unspecified atom stereocenters. The van der Waals surface area contributed by atoms with E-state index in [-0.39, 0.29) is 12.1 Å². The SMILES string of the molecule is Cc1cccc(Cc2c(C(=O)O)nnn2CC(F)(F)F)c1. The number of hydrogen-bond donors (Lipinski definition) is 1. The summed E-state index contributed by atoms with van der Waals surface area (Å²) in [6.45, 7) is 0.474. The van der Waals surface area contributed by atoms with Crippen LogP contribution in [0, 0.1) is 6.92 Å². The summed E-state index contributed by atoms with van der Waals surface area (Å²) in [5.41, 5.74) is 1.11. The molecule has 0 spiro atoms. The van der Waals surface area contributed by atoms with E-state index in [1.165, 1.54) is 0 Å². The topological polar surface area (TPSA) is 68.0 Å². The Hall–Kier alpha value is -2.38. The average Bonchev–Trinajstić information content (AvgIpc) is 2.70. The van der Waals surface area contributed by atoms with E-state index in [4.69, 9.17) is 5.11 Å². The van der Waals surface area contributed by atoms with Crippen LogP contribution in [-0.2, 0) is 13.0 Å². The second-order valence-corrected chi connectivity index (χ2v) is 4.63. The van der Waals surface area contributed by atoms with Crippen molar-refractivity contribution in [1.82, 2.24) is 15.0 Å². The van der Waals surface area contributed by atoms with Crippen LogP contribution < -0.4 is 0 Å². The number of benzene rings is 1. The van der Waals surface area contributed by atoms with E-state index in [9.17, 15) is 18.0 Å². The highest BCUT2D eigenvalue weighted by Gasteiger charge is 2.31. The Kier molecular flexibility index (Phi) is 3.97. The van der Waals surface area contributed by atoms with E-state index in [1.54, 1.807) is 18.2 Å². The highest BCUT2D eigenvalue weighted by Crippen LogP contribution is 2.21. The van der Waals surface area contributed by atoms with Crippen LogP contribution in [-0.4, -0.2) is 32.2 Å². The van der Waals surface area contributed by atoms with Gasteiger partial charge in [-0.3, -0.25) is 0 Å². The van der Waals surface area contributed by atoms with Gasteiger partial charge >= 0.3 is 12.1 Å². The fraction of sp³-hybridized carbons (Fsp3) is 0.308. The quantitative estimate of drug-likeness (QED) is 0.941. The first-order chi connectivity index (χ1) is 9.76. The molecule has 2 rings (SSSR count). The van der Waals surface area contributed by atoms with Gasteiger partial charge in [0.2, 0.25) is 0 Å². The van der Waals surface area contributed by atoms with E-state index in [1.807, 2.05) is 13.0 Å². The number of carboxylic acids is 1. The van der Waals surface area contributed by atoms with Crippen LogP contribution in [0.25, 0.3) is 0 Å². The Bertz CT molecular complexity index is 665. The zero-order valence-corrected chi connectivity index (χ0v) is 11.1. The Morgan fingerprint density at radius 1 is 1.38 bits per heavy atom. The fourth-order valence-electron chi connectivity index (χ4n) is 1.99. The predicted octanol–water partition coefficient (Wildman–Crippen LogP) is 2.44. The third kappa shape index (κ3) is 3.80. The number of aromatic carboxylic acids is 1. The van der Waals surface area contributed by atoms with Gasteiger partial charge in [0.15, 0.2) is 5.69 Å². The lowest BCUT2D eigenvalue weighted by atomic mass is 10.1. The molecular formula is C13H12F3N3O2. The number of aromatic nitrogens is 3. The lowest BCUT2D eigenvalue weighted by Crippen LogP contribution is -2.21. The number of rotatable bonds is 4. The Morgan fingerprint density at radius 3 is 2.67 bits per heavy atom. The van der Waals surface area contributed by atoms with E-state index < -0.39 is 24.4 Å². The molecule has 112 valence electrons. The fourth-order valence-corrected chi connectivity index (χ4v) is 1.99. The number of alkyl halides is 3. The summed E-state index contributed by atoms with van der Waals surface area (Å²) in [6, 6.07) is 7.08. The minimum absolute atomic E-state index is 0.0202. The van der Waals surface area contributed by atoms with E-state index in [2.05, 4.69) is 10.3 Å². The normalized spacial score (nSPS) is 11.6. The minimum atomic E-state index is -4.50. The molecule has 0 aliphatic heterocycles. The molecule has 1 N–H and O–H groups in total. The van der Waals surface area contributed by atoms with Gasteiger partial charge in [0, 0.05) is 6.42 Å². The molecule has 1 aromatic carbocycles. The number of carbonyl (C=O) groups is 1. The highest BCUT2D eigenvalue weighted by atomic mass is 19.4. The molecule has 2 aromatic rings. The zero-order chi connectivity index (χ0) is 15.6. The maximum Gasteiger partial charge on any atom is 0.408 e. The van der Waals surface area contributed by atoms with Gasteiger partial charge in [-0.05, 0) is 12.5 Å². The van der Waals surface area contributed by atoms with E-state index >= 15 is 0 Å². The zero-order valence-electron chi connectivity index (χ0n) is 11.1. The molecule has 8 heteroatoms. The monoisotopic (exact) mass is 299 g/mol. The van der Waals surface area contributed by atoms with Crippen molar-refractivity contribution in [3.05, 3.63) is 46.8 Å². The lowest BCUT2D eigenvalue weighted by molar-refractivity contribution is -0.143. The number of nitrogens with zero attached hydrogens (tertiary/aromatic N) is 3. The third-order valence-electron chi connectivity index (χ3n) is 2.82. The van der Waals surface area contributed by atoms with E-state index in [0.717, 1.165) is 5.56 Å². The predicted molar refractivity (Wildman–Crippen MR) is 67.0 cm³/mol. The molecule has 0 saturated heterocycles. The summed E-state index contributed by atoms with van der Waals surface area (Å²) in [5.74, 6) is -1.40. The summed E-state index contributed by atoms with van der Waals surface area (Å²) >= 11 is 0. The van der Waals surface area contributed by atoms with Crippen LogP contribution in [0.15, 0.2) is 24.3 Å². The van der Waals surface area contributed by atoms with Crippen molar-refractivity contribution in [2.75, 3.05) is 0 Å². The molecule has 0 saturated carbocycles. The number of aryl methyl sites for hydroxylation is 1. The molecule has 0 atom stereocenters. The first-order valence-corrected chi connectivity index (χ1v) is 6.04. The van der Waals surface area contributed by atoms with Crippen molar-refractivity contribution < 1.29 is 23.1 Å². The van der Waals surface area contributed by atoms with Crippen molar-refractivity contribution in [2.45, 2.75) is 26.1 Å². The maximum absolute atomic E-state index is 12.5. The molecule has 0 amide bonds. The van der Waals surface area contributed by atoms with Crippen LogP contribution in [0.1, 0.15) is 27.3 Å². The van der Waals surface area contributed by atoms with Crippen molar-refractivity contribution in [1.29, 1.82) is 0 Å². The van der Waals surface area contributed by atoms with Gasteiger partial charge in [0.25, 0.3) is 0 Å². The smallest absolute Gasteiger partial charge is 0.408 e. The van der Waals surface area contributed by atoms with Gasteiger partial charge < -0.3 is 5.11 Å². The standard InChI is InChI=1S/C13H12F3N3O2/c1-8-3-2-4-9(5-8)6-10-11(12(20)21)17-18-19(10)7-13(14,15)16/h2-5H,6-7H2,1H3,(H,20,21). The molecule has 1 heterocycles. The number of halogens is 3. The first-order valence-electron chi connectivity index (χ1n) is 6.04. The van der Waals surface area contributed by atoms with Crippen LogP contribution in [0.3, 0.4) is 0 Å². The molecule has 0 radical (unpaired) electrons. The molecular weight excluding hydrogens is 287 g/mol. The van der Waals surface area contributed by atoms with Gasteiger partial charge in [-0.15, -0.1) is 5.10 Å². The first kappa shape index (κ1) is 15.0. The van der Waals surface area contributed by atoms with Gasteiger partial charge in [-0.2, -0.15) is 13.2 Å². The summed E-state index contributed by atoms with van der Waals surface area (Å²) in [5, 5.41) is 15.7. The van der Waals surface area contributed by atoms with E-state index in [0.29, 0.717) is 10.2 Å². The van der Waals surface area contributed by atoms with Gasteiger partial charge in [0.05, 0.1) is 5.69 Å². The summed E-state index contributed by atoms with van der Waals surface area (Å²) in [4.78, 5) is 11.1. The number of carboxylic acid groups (broad SMARTS) is 1. The van der Waals surface area contributed by atoms with Gasteiger partial charge in [-0.1, -0.05) is 35.0 Å². The lowest BCUT2D eigenvalue weighted by Gasteiger charge is -2.10. The largest absolute Gasteiger partial charge is 0.476 e. The van der Waals surface area contributed by atoms with Gasteiger partial charge in [0.1, 0.15) is 6.54 Å². The Labute approximate surface area is 118 Å². The number of hydrogen-bond acceptors (Lipinski definition) is 3. The van der Waals surface area contributed by atoms with Crippen LogP contribution in [0.4, 0.5) is 13.2 Å². The molecule has 5 nitrogen and oxygen atoms in total. The van der Waals surface area contributed by atoms with Gasteiger partial charge in [-0.25, -0.2) is 9.48 Å². The molecule has 0 fully saturated rings. The maximum atomic E-state index is 12.5. The second kappa shape index (κ2) is 5.55. The molecule has 0 aliphatic carbocycles. The highest BCUT2D eigenvalue weighted by molar-refractivity contribution is 5.86. The Morgan fingerprint density at radius 2 is 2.10 bits per heavy atom. The van der Waals surface area contributed by atoms with Crippen molar-refractivity contribution >= 4 is 5.97 Å².